The largest absolute Gasteiger partial charge is 0.480 e. The van der Waals surface area contributed by atoms with Gasteiger partial charge in [-0.25, -0.2) is 9.59 Å². The maximum absolute atomic E-state index is 13.1. The van der Waals surface area contributed by atoms with Crippen molar-refractivity contribution in [2.75, 3.05) is 0 Å². The summed E-state index contributed by atoms with van der Waals surface area (Å²) < 4.78 is 5.27. The fourth-order valence-corrected chi connectivity index (χ4v) is 3.65. The summed E-state index contributed by atoms with van der Waals surface area (Å²) in [5.41, 5.74) is 2.75. The molecule has 0 aromatic heterocycles. The van der Waals surface area contributed by atoms with E-state index >= 15 is 0 Å². The standard InChI is InChI=1S/C28H30N2O5/c31-26(29-24(27(32)33)18-10-17-21-11-4-1-5-12-21)25(19-22-13-6-2-7-14-22)30-28(34)35-20-23-15-8-3-9-16-23/h1-9,11-16,24-25H,10,17-20H2,(H,29,31)(H,30,34)(H,32,33)/t24-,25+/m1/s1. The molecule has 182 valence electrons. The summed E-state index contributed by atoms with van der Waals surface area (Å²) in [6, 6.07) is 26.1. The summed E-state index contributed by atoms with van der Waals surface area (Å²) in [6.45, 7) is 0.0591. The van der Waals surface area contributed by atoms with Crippen LogP contribution >= 0.6 is 0 Å². The van der Waals surface area contributed by atoms with Crippen LogP contribution in [0.5, 0.6) is 0 Å². The summed E-state index contributed by atoms with van der Waals surface area (Å²) in [5, 5.41) is 14.8. The van der Waals surface area contributed by atoms with Crippen LogP contribution in [0.4, 0.5) is 4.79 Å². The molecule has 0 spiro atoms. The van der Waals surface area contributed by atoms with Crippen LogP contribution in [0.3, 0.4) is 0 Å². The van der Waals surface area contributed by atoms with Crippen LogP contribution in [0.15, 0.2) is 91.0 Å². The quantitative estimate of drug-likeness (QED) is 0.366. The first-order chi connectivity index (χ1) is 17.0. The fraction of sp³-hybridized carbons (Fsp3) is 0.250. The normalized spacial score (nSPS) is 12.2. The predicted octanol–water partition coefficient (Wildman–Crippen LogP) is 4.12. The van der Waals surface area contributed by atoms with Gasteiger partial charge in [0.05, 0.1) is 0 Å². The number of nitrogens with one attached hydrogen (secondary N) is 2. The van der Waals surface area contributed by atoms with E-state index in [0.717, 1.165) is 16.7 Å². The Labute approximate surface area is 205 Å². The summed E-state index contributed by atoms with van der Waals surface area (Å²) in [5.74, 6) is -1.69. The molecule has 0 radical (unpaired) electrons. The second kappa shape index (κ2) is 13.5. The summed E-state index contributed by atoms with van der Waals surface area (Å²) in [6.07, 6.45) is 1.02. The maximum Gasteiger partial charge on any atom is 0.408 e. The van der Waals surface area contributed by atoms with Gasteiger partial charge in [-0.15, -0.1) is 0 Å². The lowest BCUT2D eigenvalue weighted by molar-refractivity contribution is -0.142. The van der Waals surface area contributed by atoms with Gasteiger partial charge in [-0.05, 0) is 36.0 Å². The van der Waals surface area contributed by atoms with Gasteiger partial charge in [0.1, 0.15) is 18.7 Å². The molecule has 35 heavy (non-hydrogen) atoms. The smallest absolute Gasteiger partial charge is 0.408 e. The Balaban J connectivity index is 1.61. The number of alkyl carbamates (subject to hydrolysis) is 1. The molecule has 0 heterocycles. The third-order valence-corrected chi connectivity index (χ3v) is 5.52. The molecule has 3 aromatic rings. The first-order valence-electron chi connectivity index (χ1n) is 11.6. The van der Waals surface area contributed by atoms with Crippen molar-refractivity contribution in [1.82, 2.24) is 10.6 Å². The Morgan fingerprint density at radius 1 is 0.714 bits per heavy atom. The Morgan fingerprint density at radius 2 is 1.26 bits per heavy atom. The van der Waals surface area contributed by atoms with Crippen LogP contribution in [0.1, 0.15) is 29.5 Å². The van der Waals surface area contributed by atoms with Crippen molar-refractivity contribution in [2.45, 2.75) is 44.4 Å². The van der Waals surface area contributed by atoms with Crippen molar-refractivity contribution in [2.24, 2.45) is 0 Å². The molecule has 0 fully saturated rings. The zero-order valence-electron chi connectivity index (χ0n) is 19.4. The highest BCUT2D eigenvalue weighted by Crippen LogP contribution is 2.09. The van der Waals surface area contributed by atoms with E-state index in [1.165, 1.54) is 0 Å². The van der Waals surface area contributed by atoms with E-state index in [1.54, 1.807) is 0 Å². The van der Waals surface area contributed by atoms with Gasteiger partial charge in [0.15, 0.2) is 0 Å². The number of rotatable bonds is 12. The van der Waals surface area contributed by atoms with Crippen molar-refractivity contribution in [3.8, 4) is 0 Å². The lowest BCUT2D eigenvalue weighted by Gasteiger charge is -2.21. The summed E-state index contributed by atoms with van der Waals surface area (Å²) in [7, 11) is 0. The van der Waals surface area contributed by atoms with Crippen molar-refractivity contribution in [3.63, 3.8) is 0 Å². The molecular weight excluding hydrogens is 444 g/mol. The first kappa shape index (κ1) is 25.5. The lowest BCUT2D eigenvalue weighted by Crippen LogP contribution is -2.52. The van der Waals surface area contributed by atoms with E-state index in [-0.39, 0.29) is 19.4 Å². The van der Waals surface area contributed by atoms with E-state index in [2.05, 4.69) is 10.6 Å². The molecule has 7 nitrogen and oxygen atoms in total. The highest BCUT2D eigenvalue weighted by Gasteiger charge is 2.27. The fourth-order valence-electron chi connectivity index (χ4n) is 3.65. The topological polar surface area (TPSA) is 105 Å². The molecule has 0 bridgehead atoms. The van der Waals surface area contributed by atoms with Crippen molar-refractivity contribution < 1.29 is 24.2 Å². The average molecular weight is 475 g/mol. The van der Waals surface area contributed by atoms with Gasteiger partial charge in [-0.2, -0.15) is 0 Å². The molecule has 0 aliphatic rings. The Morgan fingerprint density at radius 3 is 1.83 bits per heavy atom. The van der Waals surface area contributed by atoms with E-state index in [4.69, 9.17) is 4.74 Å². The monoisotopic (exact) mass is 474 g/mol. The molecule has 3 rings (SSSR count). The minimum absolute atomic E-state index is 0.0591. The molecule has 3 aromatic carbocycles. The number of carboxylic acids is 1. The van der Waals surface area contributed by atoms with Crippen LogP contribution in [0, 0.1) is 0 Å². The van der Waals surface area contributed by atoms with Gasteiger partial charge in [0.2, 0.25) is 5.91 Å². The van der Waals surface area contributed by atoms with Gasteiger partial charge in [-0.3, -0.25) is 4.79 Å². The number of carboxylic acid groups (broad SMARTS) is 1. The number of hydrogen-bond acceptors (Lipinski definition) is 4. The number of ether oxygens (including phenoxy) is 1. The maximum atomic E-state index is 13.1. The molecule has 2 amide bonds. The number of hydrogen-bond donors (Lipinski definition) is 3. The SMILES string of the molecule is O=C(N[C@@H](Cc1ccccc1)C(=O)N[C@H](CCCc1ccccc1)C(=O)O)OCc1ccccc1. The number of amides is 2. The van der Waals surface area contributed by atoms with Gasteiger partial charge in [-0.1, -0.05) is 91.0 Å². The van der Waals surface area contributed by atoms with E-state index in [1.807, 2.05) is 91.0 Å². The lowest BCUT2D eigenvalue weighted by atomic mass is 10.0. The third kappa shape index (κ3) is 8.97. The Hall–Kier alpha value is -4.13. The van der Waals surface area contributed by atoms with Crippen molar-refractivity contribution in [3.05, 3.63) is 108 Å². The molecule has 7 heteroatoms. The van der Waals surface area contributed by atoms with E-state index in [9.17, 15) is 19.5 Å². The van der Waals surface area contributed by atoms with Gasteiger partial charge in [0.25, 0.3) is 0 Å². The highest BCUT2D eigenvalue weighted by atomic mass is 16.5. The third-order valence-electron chi connectivity index (χ3n) is 5.52. The van der Waals surface area contributed by atoms with Crippen LogP contribution in [-0.2, 0) is 33.8 Å². The van der Waals surface area contributed by atoms with Gasteiger partial charge in [0, 0.05) is 6.42 Å². The minimum Gasteiger partial charge on any atom is -0.480 e. The molecule has 0 unspecified atom stereocenters. The summed E-state index contributed by atoms with van der Waals surface area (Å²) >= 11 is 0. The van der Waals surface area contributed by atoms with Crippen LogP contribution in [0.25, 0.3) is 0 Å². The van der Waals surface area contributed by atoms with Gasteiger partial charge >= 0.3 is 12.1 Å². The molecular formula is C28H30N2O5. The average Bonchev–Trinajstić information content (AvgIpc) is 2.88. The second-order valence-corrected chi connectivity index (χ2v) is 8.23. The summed E-state index contributed by atoms with van der Waals surface area (Å²) in [4.78, 5) is 37.3. The number of aryl methyl sites for hydroxylation is 1. The molecule has 0 aliphatic heterocycles. The number of aliphatic carboxylic acids is 1. The van der Waals surface area contributed by atoms with E-state index < -0.39 is 30.1 Å². The predicted molar refractivity (Wildman–Crippen MR) is 133 cm³/mol. The number of carbonyl (C=O) groups excluding carboxylic acids is 2. The van der Waals surface area contributed by atoms with Crippen LogP contribution < -0.4 is 10.6 Å². The van der Waals surface area contributed by atoms with E-state index in [0.29, 0.717) is 12.8 Å². The molecule has 2 atom stereocenters. The zero-order chi connectivity index (χ0) is 24.9. The Kier molecular flexibility index (Phi) is 9.87. The van der Waals surface area contributed by atoms with Crippen LogP contribution in [0.2, 0.25) is 0 Å². The number of carbonyl (C=O) groups is 3. The molecule has 0 aliphatic carbocycles. The highest BCUT2D eigenvalue weighted by molar-refractivity contribution is 5.89. The molecule has 3 N–H and O–H groups in total. The van der Waals surface area contributed by atoms with Crippen LogP contribution in [-0.4, -0.2) is 35.2 Å². The second-order valence-electron chi connectivity index (χ2n) is 8.23. The molecule has 0 saturated carbocycles. The molecule has 0 saturated heterocycles. The first-order valence-corrected chi connectivity index (χ1v) is 11.6. The van der Waals surface area contributed by atoms with Crippen molar-refractivity contribution >= 4 is 18.0 Å². The minimum atomic E-state index is -1.11. The Bertz CT molecular complexity index is 1070. The zero-order valence-corrected chi connectivity index (χ0v) is 19.4. The number of benzene rings is 3. The van der Waals surface area contributed by atoms with Crippen molar-refractivity contribution in [1.29, 1.82) is 0 Å². The van der Waals surface area contributed by atoms with Gasteiger partial charge < -0.3 is 20.5 Å².